The molecule has 0 N–H and O–H groups in total. The molecule has 5 unspecified atom stereocenters. The zero-order chi connectivity index (χ0) is 44.0. The van der Waals surface area contributed by atoms with Gasteiger partial charge in [-0.25, -0.2) is 0 Å². The van der Waals surface area contributed by atoms with Crippen LogP contribution in [0.4, 0.5) is 0 Å². The largest absolute Gasteiger partial charge is 0.290 e. The SMILES string of the molecule is CC(C)(C)P(C(C)(C)C)[C]12[CH]3[CH]4[CH]5[C]1(P(C(C)(C)C)C(C)(C)C)[Fe]43521678[CH]2[CH]1[CH]6[CH]7[CH]28.O=C(P)c1cccc2ccccc12.c1ccc(CP(c2ccccc2)c2ccccc2)cc1. The van der Waals surface area contributed by atoms with E-state index in [4.69, 9.17) is 0 Å². The predicted octanol–water partition coefficient (Wildman–Crippen LogP) is 16.5. The molecule has 0 radical (unpaired) electrons. The first-order valence-corrected chi connectivity index (χ1v) is 34.4. The van der Waals surface area contributed by atoms with Gasteiger partial charge in [0, 0.05) is 11.7 Å². The van der Waals surface area contributed by atoms with E-state index in [0.717, 1.165) is 30.6 Å². The van der Waals surface area contributed by atoms with Crippen LogP contribution in [0.25, 0.3) is 10.8 Å². The molecule has 0 aliphatic carbocycles. The molecule has 0 aromatic heterocycles. The number of carbonyl (C=O) groups is 1. The quantitative estimate of drug-likeness (QED) is 0.117. The van der Waals surface area contributed by atoms with Crippen LogP contribution in [0.2, 0.25) is 38.5 Å². The van der Waals surface area contributed by atoms with E-state index in [0.29, 0.717) is 20.6 Å². The summed E-state index contributed by atoms with van der Waals surface area (Å²) in [6.07, 6.45) is 1.10. The van der Waals surface area contributed by atoms with Crippen molar-refractivity contribution in [3.8, 4) is 0 Å². The molecule has 10 aliphatic heterocycles. The summed E-state index contributed by atoms with van der Waals surface area (Å²) in [5, 5.41) is 7.16. The minimum atomic E-state index is -3.47. The van der Waals surface area contributed by atoms with Gasteiger partial charge in [0.25, 0.3) is 0 Å². The third kappa shape index (κ3) is 1.84. The Bertz CT molecular complexity index is 2900. The topological polar surface area (TPSA) is 17.1 Å². The molecule has 0 saturated carbocycles. The Labute approximate surface area is 369 Å². The minimum Gasteiger partial charge on any atom is -0.290 e. The average molecular weight is 939 g/mol. The van der Waals surface area contributed by atoms with Gasteiger partial charge in [-0.1, -0.05) is 143 Å². The summed E-state index contributed by atoms with van der Waals surface area (Å²) in [5.74, 6) is 0. The summed E-state index contributed by atoms with van der Waals surface area (Å²) in [4.78, 5) is 22.7. The fourth-order valence-electron chi connectivity index (χ4n) is 25.3. The molecule has 328 valence electrons. The summed E-state index contributed by atoms with van der Waals surface area (Å²) in [6.45, 7) is 28.9. The maximum absolute atomic E-state index is 11.2. The summed E-state index contributed by atoms with van der Waals surface area (Å²) in [7, 11) is 2.04. The molecule has 5 atom stereocenters. The maximum Gasteiger partial charge on any atom is 0.178 e. The monoisotopic (exact) mass is 938 g/mol. The first-order chi connectivity index (χ1) is 28.9. The number of carbonyl (C=O) groups excluding carboxylic acids is 1. The van der Waals surface area contributed by atoms with Crippen LogP contribution in [0.1, 0.15) is 99.0 Å². The fraction of sp³-hybridized carbons (Fsp3) is 0.482. The van der Waals surface area contributed by atoms with Crippen molar-refractivity contribution < 1.29 is 11.3 Å². The minimum absolute atomic E-state index is 0.0387. The molecule has 1 spiro atoms. The van der Waals surface area contributed by atoms with Gasteiger partial charge in [-0.15, -0.1) is 0 Å². The number of benzene rings is 5. The van der Waals surface area contributed by atoms with Crippen molar-refractivity contribution in [1.82, 2.24) is 0 Å². The van der Waals surface area contributed by atoms with Gasteiger partial charge in [-0.05, 0) is 34.9 Å². The Morgan fingerprint density at radius 1 is 0.500 bits per heavy atom. The third-order valence-corrected chi connectivity index (χ3v) is 85.2. The number of rotatable bonds is 7. The Kier molecular flexibility index (Phi) is 5.39. The van der Waals surface area contributed by atoms with Crippen LogP contribution in [0.3, 0.4) is 0 Å². The van der Waals surface area contributed by atoms with Gasteiger partial charge < -0.3 is 0 Å². The van der Waals surface area contributed by atoms with Crippen LogP contribution < -0.4 is 10.6 Å². The molecule has 1 nitrogen and oxygen atoms in total. The molecule has 10 aliphatic rings. The van der Waals surface area contributed by atoms with E-state index >= 15 is 0 Å². The number of hydrogen-bond donors (Lipinski definition) is 0. The molecule has 5 aromatic carbocycles. The van der Waals surface area contributed by atoms with E-state index in [9.17, 15) is 4.79 Å². The molecule has 62 heavy (non-hydrogen) atoms. The van der Waals surface area contributed by atoms with E-state index in [1.54, 1.807) is 0 Å². The Hall–Kier alpha value is -1.73. The smallest absolute Gasteiger partial charge is 0.178 e. The van der Waals surface area contributed by atoms with E-state index in [1.165, 1.54) is 54.7 Å². The Morgan fingerprint density at radius 3 is 1.24 bits per heavy atom. The Morgan fingerprint density at radius 2 is 0.871 bits per heavy atom. The standard InChI is InChI=1S/C21H39P2.C19H17P.C11H9OP.C5H5.Fe/c1-18(2,3)22(19(4,5)6)16-14-13-15-17(16)23(20(7,8)9)21(10,11)12;1-4-10-17(11-5-1)16-20(18-12-6-2-7-13-18)19-14-8-3-9-15-19;12-11(13)10-7-3-5-8-4-1-2-6-9(8)10;1-2-4-5-3-1;/h13-15H,1-12H3;1-15H,16H2;1-7H,13H2;1-5H;. The molecular formula is C56H70FeOP4. The van der Waals surface area contributed by atoms with E-state index in [1.807, 2.05) is 42.5 Å². The second-order valence-electron chi connectivity index (χ2n) is 26.7. The zero-order valence-electron chi connectivity index (χ0n) is 39.2. The maximum atomic E-state index is 11.2. The zero-order valence-corrected chi connectivity index (χ0v) is 44.2. The summed E-state index contributed by atoms with van der Waals surface area (Å²) < 4.78 is 2.01. The summed E-state index contributed by atoms with van der Waals surface area (Å²) in [6, 6.07) is 46.1. The van der Waals surface area contributed by atoms with Crippen molar-refractivity contribution in [2.45, 2.75) is 157 Å². The van der Waals surface area contributed by atoms with Crippen molar-refractivity contribution in [1.29, 1.82) is 0 Å². The average Bonchev–Trinajstić information content (AvgIpc) is 4.16. The van der Waals surface area contributed by atoms with Crippen LogP contribution in [0.5, 0.6) is 0 Å². The van der Waals surface area contributed by atoms with Gasteiger partial charge in [-0.2, -0.15) is 0 Å². The van der Waals surface area contributed by atoms with Crippen LogP contribution in [-0.4, -0.2) is 34.3 Å². The number of fused-ring (bicyclic) bond motifs is 11. The predicted molar refractivity (Wildman–Crippen MR) is 276 cm³/mol. The van der Waals surface area contributed by atoms with Crippen molar-refractivity contribution in [2.75, 3.05) is 0 Å². The third-order valence-electron chi connectivity index (χ3n) is 23.4. The molecule has 10 fully saturated rings. The molecule has 6 heteroatoms. The molecule has 10 saturated heterocycles. The van der Waals surface area contributed by atoms with Gasteiger partial charge in [0.2, 0.25) is 0 Å². The summed E-state index contributed by atoms with van der Waals surface area (Å²) in [5.41, 5.74) is 2.21. The van der Waals surface area contributed by atoms with Crippen LogP contribution >= 0.6 is 33.0 Å². The number of hydrogen-bond acceptors (Lipinski definition) is 1. The van der Waals surface area contributed by atoms with Gasteiger partial charge in [-0.3, -0.25) is 4.79 Å². The first-order valence-electron chi connectivity index (χ1n) is 23.4. The van der Waals surface area contributed by atoms with Crippen molar-refractivity contribution >= 4 is 59.9 Å². The van der Waals surface area contributed by atoms with Crippen LogP contribution in [-0.2, 0) is 12.7 Å². The first kappa shape index (κ1) is 40.5. The molecule has 0 bridgehead atoms. The molecular weight excluding hydrogens is 868 g/mol. The van der Waals surface area contributed by atoms with Crippen LogP contribution in [0.15, 0.2) is 133 Å². The van der Waals surface area contributed by atoms with Crippen molar-refractivity contribution in [2.24, 2.45) is 0 Å². The van der Waals surface area contributed by atoms with Gasteiger partial charge in [0.15, 0.2) is 5.52 Å². The van der Waals surface area contributed by atoms with E-state index < -0.39 is 6.51 Å². The Balaban J connectivity index is 0.000000104. The normalized spacial score (nSPS) is 43.2. The van der Waals surface area contributed by atoms with Crippen molar-refractivity contribution in [3.63, 3.8) is 0 Å². The fourth-order valence-corrected chi connectivity index (χ4v) is 140. The van der Waals surface area contributed by atoms with Gasteiger partial charge in [0.05, 0.1) is 0 Å². The van der Waals surface area contributed by atoms with Gasteiger partial charge >= 0.3 is 173 Å². The molecule has 15 rings (SSSR count). The molecule has 5 aromatic rings. The van der Waals surface area contributed by atoms with Crippen molar-refractivity contribution in [3.05, 3.63) is 145 Å². The summed E-state index contributed by atoms with van der Waals surface area (Å²) >= 11 is 0. The van der Waals surface area contributed by atoms with E-state index in [-0.39, 0.29) is 29.3 Å². The molecule has 10 heterocycles. The van der Waals surface area contributed by atoms with Crippen LogP contribution in [0, 0.1) is 0 Å². The second-order valence-corrected chi connectivity index (χ2v) is 61.5. The van der Waals surface area contributed by atoms with E-state index in [2.05, 4.69) is 183 Å². The second kappa shape index (κ2) is 8.24. The van der Waals surface area contributed by atoms with Gasteiger partial charge in [0.1, 0.15) is 0 Å². The molecule has 0 amide bonds.